The molecular weight excluding hydrogens is 244 g/mol. The van der Waals surface area contributed by atoms with Gasteiger partial charge in [-0.2, -0.15) is 0 Å². The Hall–Kier alpha value is -1.89. The van der Waals surface area contributed by atoms with Crippen molar-refractivity contribution >= 4 is 5.78 Å². The SMILES string of the molecule is CCC(=O)c1ccc(-c2ccc(C(C)CC)cc2)cc1. The van der Waals surface area contributed by atoms with Crippen molar-refractivity contribution in [3.05, 3.63) is 59.7 Å². The summed E-state index contributed by atoms with van der Waals surface area (Å²) in [5.41, 5.74) is 4.54. The predicted octanol–water partition coefficient (Wildman–Crippen LogP) is 5.46. The highest BCUT2D eigenvalue weighted by Gasteiger charge is 2.05. The van der Waals surface area contributed by atoms with Gasteiger partial charge in [-0.25, -0.2) is 0 Å². The first-order valence-corrected chi connectivity index (χ1v) is 7.39. The molecule has 2 aromatic rings. The van der Waals surface area contributed by atoms with Gasteiger partial charge in [-0.05, 0) is 29.0 Å². The van der Waals surface area contributed by atoms with E-state index in [2.05, 4.69) is 38.1 Å². The van der Waals surface area contributed by atoms with E-state index in [9.17, 15) is 4.79 Å². The molecule has 0 N–H and O–H groups in total. The third-order valence-electron chi connectivity index (χ3n) is 3.95. The van der Waals surface area contributed by atoms with Crippen molar-refractivity contribution < 1.29 is 4.79 Å². The zero-order valence-corrected chi connectivity index (χ0v) is 12.5. The minimum atomic E-state index is 0.198. The van der Waals surface area contributed by atoms with E-state index in [1.54, 1.807) is 0 Å². The number of rotatable bonds is 5. The molecule has 0 fully saturated rings. The van der Waals surface area contributed by atoms with Crippen LogP contribution in [0.25, 0.3) is 11.1 Å². The standard InChI is InChI=1S/C19H22O/c1-4-14(3)15-6-8-16(9-7-15)17-10-12-18(13-11-17)19(20)5-2/h6-14H,4-5H2,1-3H3. The van der Waals surface area contributed by atoms with E-state index in [1.807, 2.05) is 31.2 Å². The van der Waals surface area contributed by atoms with Crippen molar-refractivity contribution in [1.29, 1.82) is 0 Å². The maximum Gasteiger partial charge on any atom is 0.162 e. The van der Waals surface area contributed by atoms with Gasteiger partial charge in [0.15, 0.2) is 5.78 Å². The van der Waals surface area contributed by atoms with Gasteiger partial charge in [0.2, 0.25) is 0 Å². The van der Waals surface area contributed by atoms with Gasteiger partial charge in [-0.1, -0.05) is 69.3 Å². The molecule has 0 aromatic heterocycles. The molecule has 104 valence electrons. The molecule has 0 bridgehead atoms. The predicted molar refractivity (Wildman–Crippen MR) is 85.2 cm³/mol. The Morgan fingerprint density at radius 3 is 1.85 bits per heavy atom. The Kier molecular flexibility index (Phi) is 4.73. The zero-order valence-electron chi connectivity index (χ0n) is 12.5. The number of benzene rings is 2. The van der Waals surface area contributed by atoms with Crippen molar-refractivity contribution in [3.63, 3.8) is 0 Å². The fourth-order valence-electron chi connectivity index (χ4n) is 2.29. The van der Waals surface area contributed by atoms with Crippen LogP contribution in [0.15, 0.2) is 48.5 Å². The summed E-state index contributed by atoms with van der Waals surface area (Å²) in [5.74, 6) is 0.803. The van der Waals surface area contributed by atoms with Crippen LogP contribution < -0.4 is 0 Å². The lowest BCUT2D eigenvalue weighted by Gasteiger charge is -2.10. The second-order valence-corrected chi connectivity index (χ2v) is 5.29. The van der Waals surface area contributed by atoms with E-state index in [0.29, 0.717) is 12.3 Å². The van der Waals surface area contributed by atoms with Gasteiger partial charge >= 0.3 is 0 Å². The number of hydrogen-bond donors (Lipinski definition) is 0. The molecule has 0 aliphatic heterocycles. The summed E-state index contributed by atoms with van der Waals surface area (Å²) in [4.78, 5) is 11.6. The molecule has 0 saturated heterocycles. The van der Waals surface area contributed by atoms with Gasteiger partial charge in [0, 0.05) is 12.0 Å². The number of hydrogen-bond acceptors (Lipinski definition) is 1. The molecule has 20 heavy (non-hydrogen) atoms. The number of Topliss-reactive ketones (excluding diaryl/α,β-unsaturated/α-hetero) is 1. The van der Waals surface area contributed by atoms with Crippen LogP contribution in [0.1, 0.15) is 55.5 Å². The maximum atomic E-state index is 11.6. The van der Waals surface area contributed by atoms with Crippen LogP contribution in [0.5, 0.6) is 0 Å². The molecule has 0 amide bonds. The van der Waals surface area contributed by atoms with E-state index in [1.165, 1.54) is 11.1 Å². The minimum absolute atomic E-state index is 0.198. The first-order chi connectivity index (χ1) is 9.65. The molecule has 0 aliphatic rings. The summed E-state index contributed by atoms with van der Waals surface area (Å²) in [7, 11) is 0. The van der Waals surface area contributed by atoms with E-state index >= 15 is 0 Å². The topological polar surface area (TPSA) is 17.1 Å². The van der Waals surface area contributed by atoms with E-state index in [0.717, 1.165) is 17.5 Å². The average molecular weight is 266 g/mol. The van der Waals surface area contributed by atoms with Crippen molar-refractivity contribution in [1.82, 2.24) is 0 Å². The van der Waals surface area contributed by atoms with Gasteiger partial charge in [-0.3, -0.25) is 4.79 Å². The molecule has 0 spiro atoms. The fourth-order valence-corrected chi connectivity index (χ4v) is 2.29. The van der Waals surface area contributed by atoms with Crippen LogP contribution in [0.2, 0.25) is 0 Å². The summed E-state index contributed by atoms with van der Waals surface area (Å²) >= 11 is 0. The molecule has 2 aromatic carbocycles. The van der Waals surface area contributed by atoms with Gasteiger partial charge < -0.3 is 0 Å². The van der Waals surface area contributed by atoms with Crippen LogP contribution in [0.4, 0.5) is 0 Å². The lowest BCUT2D eigenvalue weighted by atomic mass is 9.95. The Morgan fingerprint density at radius 1 is 0.900 bits per heavy atom. The third kappa shape index (κ3) is 3.16. The summed E-state index contributed by atoms with van der Waals surface area (Å²) in [6.07, 6.45) is 1.72. The lowest BCUT2D eigenvalue weighted by molar-refractivity contribution is 0.0988. The smallest absolute Gasteiger partial charge is 0.162 e. The second-order valence-electron chi connectivity index (χ2n) is 5.29. The molecule has 0 aliphatic carbocycles. The highest BCUT2D eigenvalue weighted by molar-refractivity contribution is 5.96. The molecule has 1 atom stereocenters. The molecule has 0 heterocycles. The van der Waals surface area contributed by atoms with Gasteiger partial charge in [-0.15, -0.1) is 0 Å². The number of ketones is 1. The molecule has 2 rings (SSSR count). The van der Waals surface area contributed by atoms with Crippen molar-refractivity contribution in [2.24, 2.45) is 0 Å². The van der Waals surface area contributed by atoms with Crippen LogP contribution in [0.3, 0.4) is 0 Å². The average Bonchev–Trinajstić information content (AvgIpc) is 2.53. The Labute approximate surface area is 121 Å². The Morgan fingerprint density at radius 2 is 1.40 bits per heavy atom. The van der Waals surface area contributed by atoms with Gasteiger partial charge in [0.1, 0.15) is 0 Å². The van der Waals surface area contributed by atoms with E-state index in [-0.39, 0.29) is 5.78 Å². The Bertz CT molecular complexity index is 564. The first kappa shape index (κ1) is 14.5. The first-order valence-electron chi connectivity index (χ1n) is 7.39. The van der Waals surface area contributed by atoms with Crippen molar-refractivity contribution in [2.45, 2.75) is 39.5 Å². The largest absolute Gasteiger partial charge is 0.294 e. The highest BCUT2D eigenvalue weighted by Crippen LogP contribution is 2.24. The summed E-state index contributed by atoms with van der Waals surface area (Å²) < 4.78 is 0. The number of carbonyl (C=O) groups is 1. The van der Waals surface area contributed by atoms with Crippen LogP contribution in [-0.4, -0.2) is 5.78 Å². The Balaban J connectivity index is 2.21. The molecule has 1 nitrogen and oxygen atoms in total. The maximum absolute atomic E-state index is 11.6. The van der Waals surface area contributed by atoms with Crippen molar-refractivity contribution in [2.75, 3.05) is 0 Å². The van der Waals surface area contributed by atoms with E-state index in [4.69, 9.17) is 0 Å². The molecule has 1 unspecified atom stereocenters. The van der Waals surface area contributed by atoms with Gasteiger partial charge in [0.05, 0.1) is 0 Å². The molecule has 1 heteroatoms. The molecule has 0 saturated carbocycles. The normalized spacial score (nSPS) is 12.2. The summed E-state index contributed by atoms with van der Waals surface area (Å²) in [6.45, 7) is 6.35. The zero-order chi connectivity index (χ0) is 14.5. The third-order valence-corrected chi connectivity index (χ3v) is 3.95. The van der Waals surface area contributed by atoms with Crippen LogP contribution >= 0.6 is 0 Å². The lowest BCUT2D eigenvalue weighted by Crippen LogP contribution is -1.95. The van der Waals surface area contributed by atoms with Crippen LogP contribution in [-0.2, 0) is 0 Å². The quantitative estimate of drug-likeness (QED) is 0.657. The second kappa shape index (κ2) is 6.51. The highest BCUT2D eigenvalue weighted by atomic mass is 16.1. The molecule has 0 radical (unpaired) electrons. The van der Waals surface area contributed by atoms with Crippen LogP contribution in [0, 0.1) is 0 Å². The summed E-state index contributed by atoms with van der Waals surface area (Å²) in [5, 5.41) is 0. The van der Waals surface area contributed by atoms with Gasteiger partial charge in [0.25, 0.3) is 0 Å². The number of carbonyl (C=O) groups excluding carboxylic acids is 1. The summed E-state index contributed by atoms with van der Waals surface area (Å²) in [6, 6.07) is 16.6. The molecular formula is C19H22O. The fraction of sp³-hybridized carbons (Fsp3) is 0.316. The minimum Gasteiger partial charge on any atom is -0.294 e. The van der Waals surface area contributed by atoms with Crippen molar-refractivity contribution in [3.8, 4) is 11.1 Å². The monoisotopic (exact) mass is 266 g/mol. The van der Waals surface area contributed by atoms with E-state index < -0.39 is 0 Å².